The molecule has 0 saturated carbocycles. The lowest BCUT2D eigenvalue weighted by Gasteiger charge is -2.09. The number of rotatable bonds is 4. The molecule has 0 aromatic heterocycles. The van der Waals surface area contributed by atoms with Crippen molar-refractivity contribution in [2.75, 3.05) is 20.3 Å². The fraction of sp³-hybridized carbons (Fsp3) is 0.455. The largest absolute Gasteiger partial charge is 0.489 e. The van der Waals surface area contributed by atoms with E-state index in [0.717, 1.165) is 6.08 Å². The Balaban J connectivity index is 2.80. The molecule has 0 aliphatic heterocycles. The van der Waals surface area contributed by atoms with Gasteiger partial charge in [-0.05, 0) is 18.6 Å². The molecule has 1 aliphatic rings. The molecule has 0 aromatic carbocycles. The first-order valence-electron chi connectivity index (χ1n) is 5.01. The third kappa shape index (κ3) is 4.14. The van der Waals surface area contributed by atoms with Gasteiger partial charge in [-0.15, -0.1) is 0 Å². The minimum absolute atomic E-state index is 0.0258. The quantitative estimate of drug-likeness (QED) is 0.777. The summed E-state index contributed by atoms with van der Waals surface area (Å²) >= 11 is 0. The number of methoxy groups -OCH3 is 1. The molecule has 0 bridgehead atoms. The zero-order valence-electron chi connectivity index (χ0n) is 9.38. The van der Waals surface area contributed by atoms with Crippen LogP contribution in [0.2, 0.25) is 0 Å². The molecule has 17 heavy (non-hydrogen) atoms. The summed E-state index contributed by atoms with van der Waals surface area (Å²) < 4.78 is 47.4. The topological polar surface area (TPSA) is 44.5 Å². The first-order chi connectivity index (χ1) is 7.95. The maximum atomic E-state index is 12.5. The molecular weight excluding hydrogens is 235 g/mol. The Morgan fingerprint density at radius 2 is 2.06 bits per heavy atom. The number of ether oxygens (including phenoxy) is 2. The molecule has 0 heterocycles. The molecule has 0 spiro atoms. The van der Waals surface area contributed by atoms with Gasteiger partial charge in [0.05, 0.1) is 12.3 Å². The number of allylic oxidation sites excluding steroid dienone is 4. The molecule has 1 aliphatic carbocycles. The molecular formula is C11H14F3NO2. The predicted octanol–water partition coefficient (Wildman–Crippen LogP) is 2.27. The average Bonchev–Trinajstić information content (AvgIpc) is 2.41. The van der Waals surface area contributed by atoms with Crippen LogP contribution in [0.3, 0.4) is 0 Å². The normalized spacial score (nSPS) is 16.8. The van der Waals surface area contributed by atoms with Crippen molar-refractivity contribution >= 4 is 0 Å². The van der Waals surface area contributed by atoms with E-state index in [1.54, 1.807) is 0 Å². The zero-order valence-corrected chi connectivity index (χ0v) is 9.38. The van der Waals surface area contributed by atoms with Gasteiger partial charge in [-0.1, -0.05) is 6.08 Å². The number of nitrogens with two attached hydrogens (primary N) is 1. The molecule has 0 fully saturated rings. The van der Waals surface area contributed by atoms with Crippen LogP contribution in [0.4, 0.5) is 13.2 Å². The van der Waals surface area contributed by atoms with Crippen molar-refractivity contribution < 1.29 is 22.6 Å². The summed E-state index contributed by atoms with van der Waals surface area (Å²) in [6.07, 6.45) is -0.845. The van der Waals surface area contributed by atoms with Gasteiger partial charge < -0.3 is 15.2 Å². The van der Waals surface area contributed by atoms with Crippen LogP contribution in [0.1, 0.15) is 6.42 Å². The van der Waals surface area contributed by atoms with E-state index in [9.17, 15) is 13.2 Å². The molecule has 6 heteroatoms. The molecule has 2 N–H and O–H groups in total. The summed E-state index contributed by atoms with van der Waals surface area (Å²) in [6.45, 7) is 0.590. The van der Waals surface area contributed by atoms with E-state index in [4.69, 9.17) is 15.2 Å². The minimum Gasteiger partial charge on any atom is -0.489 e. The van der Waals surface area contributed by atoms with E-state index < -0.39 is 11.7 Å². The van der Waals surface area contributed by atoms with Crippen LogP contribution < -0.4 is 5.73 Å². The highest BCUT2D eigenvalue weighted by Crippen LogP contribution is 2.30. The first kappa shape index (κ1) is 13.6. The highest BCUT2D eigenvalue weighted by molar-refractivity contribution is 5.35. The monoisotopic (exact) mass is 249 g/mol. The van der Waals surface area contributed by atoms with Gasteiger partial charge in [-0.25, -0.2) is 0 Å². The number of halogens is 3. The summed E-state index contributed by atoms with van der Waals surface area (Å²) in [7, 11) is 1.51. The van der Waals surface area contributed by atoms with Crippen molar-refractivity contribution in [3.05, 3.63) is 35.3 Å². The van der Waals surface area contributed by atoms with Gasteiger partial charge in [0.2, 0.25) is 0 Å². The molecule has 0 radical (unpaired) electrons. The van der Waals surface area contributed by atoms with Crippen molar-refractivity contribution in [2.45, 2.75) is 12.6 Å². The minimum atomic E-state index is -4.36. The van der Waals surface area contributed by atoms with Gasteiger partial charge in [0.25, 0.3) is 0 Å². The molecule has 0 saturated heterocycles. The van der Waals surface area contributed by atoms with E-state index >= 15 is 0 Å². The number of hydrogen-bond acceptors (Lipinski definition) is 3. The summed E-state index contributed by atoms with van der Waals surface area (Å²) in [6, 6.07) is 0. The second-order valence-electron chi connectivity index (χ2n) is 3.43. The van der Waals surface area contributed by atoms with Gasteiger partial charge in [0.1, 0.15) is 12.4 Å². The van der Waals surface area contributed by atoms with E-state index in [1.807, 2.05) is 0 Å². The standard InChI is InChI=1S/C11H14F3NO2/c1-16-5-6-17-10-4-2-3-8(7-9(10)15)11(12,13)14/h2,4,7H,3,5-6,15H2,1H3. The second-order valence-corrected chi connectivity index (χ2v) is 3.43. The summed E-state index contributed by atoms with van der Waals surface area (Å²) in [5.74, 6) is 0.237. The smallest absolute Gasteiger partial charge is 0.413 e. The fourth-order valence-electron chi connectivity index (χ4n) is 1.27. The van der Waals surface area contributed by atoms with Crippen LogP contribution in [-0.4, -0.2) is 26.5 Å². The number of hydrogen-bond donors (Lipinski definition) is 1. The van der Waals surface area contributed by atoms with E-state index in [2.05, 4.69) is 0 Å². The average molecular weight is 249 g/mol. The SMILES string of the molecule is COCCOC1=C(N)C=C(C(F)(F)F)CC=C1. The molecule has 0 unspecified atom stereocenters. The summed E-state index contributed by atoms with van der Waals surface area (Å²) in [5, 5.41) is 0. The Hall–Kier alpha value is -1.43. The Bertz CT molecular complexity index is 356. The van der Waals surface area contributed by atoms with Crippen LogP contribution in [-0.2, 0) is 9.47 Å². The molecule has 0 amide bonds. The van der Waals surface area contributed by atoms with Crippen molar-refractivity contribution in [1.82, 2.24) is 0 Å². The van der Waals surface area contributed by atoms with E-state index in [1.165, 1.54) is 19.3 Å². The lowest BCUT2D eigenvalue weighted by atomic mass is 10.1. The van der Waals surface area contributed by atoms with Crippen molar-refractivity contribution in [2.24, 2.45) is 5.73 Å². The molecule has 0 aromatic rings. The fourth-order valence-corrected chi connectivity index (χ4v) is 1.27. The maximum Gasteiger partial charge on any atom is 0.413 e. The zero-order chi connectivity index (χ0) is 12.9. The van der Waals surface area contributed by atoms with Gasteiger partial charge in [-0.3, -0.25) is 0 Å². The van der Waals surface area contributed by atoms with Gasteiger partial charge in [0.15, 0.2) is 0 Å². The Kier molecular flexibility index (Phi) is 4.62. The molecule has 96 valence electrons. The lowest BCUT2D eigenvalue weighted by Crippen LogP contribution is -2.13. The molecule has 3 nitrogen and oxygen atoms in total. The highest BCUT2D eigenvalue weighted by Gasteiger charge is 2.33. The van der Waals surface area contributed by atoms with E-state index in [-0.39, 0.29) is 24.5 Å². The summed E-state index contributed by atoms with van der Waals surface area (Å²) in [5.41, 5.74) is 4.82. The Morgan fingerprint density at radius 3 is 2.65 bits per heavy atom. The molecule has 1 rings (SSSR count). The van der Waals surface area contributed by atoms with Crippen molar-refractivity contribution in [3.8, 4) is 0 Å². The van der Waals surface area contributed by atoms with Gasteiger partial charge in [0, 0.05) is 12.7 Å². The van der Waals surface area contributed by atoms with Crippen LogP contribution in [0, 0.1) is 0 Å². The van der Waals surface area contributed by atoms with Crippen LogP contribution in [0.25, 0.3) is 0 Å². The summed E-state index contributed by atoms with van der Waals surface area (Å²) in [4.78, 5) is 0. The second kappa shape index (κ2) is 5.77. The lowest BCUT2D eigenvalue weighted by molar-refractivity contribution is -0.0929. The van der Waals surface area contributed by atoms with Crippen LogP contribution in [0.5, 0.6) is 0 Å². The highest BCUT2D eigenvalue weighted by atomic mass is 19.4. The predicted molar refractivity (Wildman–Crippen MR) is 56.9 cm³/mol. The first-order valence-corrected chi connectivity index (χ1v) is 5.01. The Labute approximate surface area is 97.4 Å². The third-order valence-corrected chi connectivity index (χ3v) is 2.13. The van der Waals surface area contributed by atoms with E-state index in [0.29, 0.717) is 6.61 Å². The maximum absolute atomic E-state index is 12.5. The molecule has 0 atom stereocenters. The Morgan fingerprint density at radius 1 is 1.35 bits per heavy atom. The van der Waals surface area contributed by atoms with Gasteiger partial charge >= 0.3 is 6.18 Å². The van der Waals surface area contributed by atoms with Crippen molar-refractivity contribution in [1.29, 1.82) is 0 Å². The van der Waals surface area contributed by atoms with Crippen LogP contribution >= 0.6 is 0 Å². The third-order valence-electron chi connectivity index (χ3n) is 2.13. The number of alkyl halides is 3. The van der Waals surface area contributed by atoms with Crippen molar-refractivity contribution in [3.63, 3.8) is 0 Å². The van der Waals surface area contributed by atoms with Gasteiger partial charge in [-0.2, -0.15) is 13.2 Å². The van der Waals surface area contributed by atoms with Crippen LogP contribution in [0.15, 0.2) is 35.3 Å².